The van der Waals surface area contributed by atoms with Crippen molar-refractivity contribution in [2.24, 2.45) is 0 Å². The van der Waals surface area contributed by atoms with Crippen molar-refractivity contribution in [1.82, 2.24) is 20.3 Å². The van der Waals surface area contributed by atoms with Crippen LogP contribution < -0.4 is 5.32 Å². The number of rotatable bonds is 4. The molecule has 33 heavy (non-hydrogen) atoms. The standard InChI is InChI=1S/C26H21FN4O2/c1-33-26(32)18-7-10-21-22(15-18)31-25(24(30-21)16-5-8-19(27)9-6-16)23-14-17(11-13-29-23)20-4-2-3-12-28-20/h2-10,12,14-15,23,29H,11,13H2,1H3. The number of nitrogens with one attached hydrogen (secondary N) is 1. The molecule has 1 unspecified atom stereocenters. The zero-order valence-corrected chi connectivity index (χ0v) is 18.0. The van der Waals surface area contributed by atoms with Gasteiger partial charge in [-0.05, 0) is 66.6 Å². The molecular weight excluding hydrogens is 419 g/mol. The molecule has 1 aliphatic heterocycles. The smallest absolute Gasteiger partial charge is 0.337 e. The number of nitrogens with zero attached hydrogens (tertiary/aromatic N) is 3. The van der Waals surface area contributed by atoms with Crippen molar-refractivity contribution >= 4 is 22.6 Å². The largest absolute Gasteiger partial charge is 0.465 e. The van der Waals surface area contributed by atoms with E-state index < -0.39 is 5.97 Å². The van der Waals surface area contributed by atoms with Gasteiger partial charge in [-0.2, -0.15) is 0 Å². The number of hydrogen-bond acceptors (Lipinski definition) is 6. The number of carbonyl (C=O) groups excluding carboxylic acids is 1. The Morgan fingerprint density at radius 3 is 2.67 bits per heavy atom. The molecular formula is C26H21FN4O2. The van der Waals surface area contributed by atoms with Gasteiger partial charge in [-0.15, -0.1) is 0 Å². The summed E-state index contributed by atoms with van der Waals surface area (Å²) in [6.45, 7) is 0.748. The van der Waals surface area contributed by atoms with Crippen LogP contribution in [0.1, 0.15) is 34.2 Å². The molecule has 1 N–H and O–H groups in total. The molecule has 1 aliphatic rings. The first kappa shape index (κ1) is 20.9. The van der Waals surface area contributed by atoms with Gasteiger partial charge in [0.1, 0.15) is 5.82 Å². The number of ether oxygens (including phenoxy) is 1. The summed E-state index contributed by atoms with van der Waals surface area (Å²) in [5.41, 5.74) is 5.78. The van der Waals surface area contributed by atoms with Crippen LogP contribution in [0.2, 0.25) is 0 Å². The maximum absolute atomic E-state index is 13.6. The van der Waals surface area contributed by atoms with Crippen molar-refractivity contribution in [3.05, 3.63) is 95.7 Å². The van der Waals surface area contributed by atoms with Crippen LogP contribution in [0.15, 0.2) is 72.9 Å². The Labute approximate surface area is 190 Å². The fourth-order valence-electron chi connectivity index (χ4n) is 4.00. The Morgan fingerprint density at radius 1 is 1.06 bits per heavy atom. The first-order valence-corrected chi connectivity index (χ1v) is 10.6. The number of hydrogen-bond donors (Lipinski definition) is 1. The number of halogens is 1. The van der Waals surface area contributed by atoms with E-state index in [0.717, 1.165) is 29.8 Å². The van der Waals surface area contributed by atoms with Gasteiger partial charge >= 0.3 is 5.97 Å². The second-order valence-corrected chi connectivity index (χ2v) is 7.75. The molecule has 0 amide bonds. The minimum absolute atomic E-state index is 0.227. The topological polar surface area (TPSA) is 77.0 Å². The maximum Gasteiger partial charge on any atom is 0.337 e. The zero-order valence-electron chi connectivity index (χ0n) is 18.0. The summed E-state index contributed by atoms with van der Waals surface area (Å²) in [6, 6.07) is 16.9. The monoisotopic (exact) mass is 440 g/mol. The lowest BCUT2D eigenvalue weighted by molar-refractivity contribution is 0.0601. The Morgan fingerprint density at radius 2 is 1.91 bits per heavy atom. The molecule has 7 heteroatoms. The molecule has 3 heterocycles. The highest BCUT2D eigenvalue weighted by molar-refractivity contribution is 5.93. The van der Waals surface area contributed by atoms with Crippen LogP contribution in [-0.2, 0) is 4.74 Å². The second-order valence-electron chi connectivity index (χ2n) is 7.75. The van der Waals surface area contributed by atoms with Gasteiger partial charge in [0.25, 0.3) is 0 Å². The number of fused-ring (bicyclic) bond motifs is 1. The van der Waals surface area contributed by atoms with Crippen LogP contribution in [-0.4, -0.2) is 34.6 Å². The summed E-state index contributed by atoms with van der Waals surface area (Å²) in [5, 5.41) is 3.50. The number of pyridine rings is 1. The minimum atomic E-state index is -0.434. The summed E-state index contributed by atoms with van der Waals surface area (Å²) < 4.78 is 18.4. The Kier molecular flexibility index (Phi) is 5.62. The average molecular weight is 440 g/mol. The van der Waals surface area contributed by atoms with E-state index in [-0.39, 0.29) is 11.9 Å². The molecule has 1 atom stereocenters. The molecule has 2 aromatic heterocycles. The number of aromatic nitrogens is 3. The van der Waals surface area contributed by atoms with E-state index in [1.165, 1.54) is 19.2 Å². The summed E-state index contributed by atoms with van der Waals surface area (Å²) in [4.78, 5) is 26.3. The van der Waals surface area contributed by atoms with E-state index in [4.69, 9.17) is 14.7 Å². The summed E-state index contributed by atoms with van der Waals surface area (Å²) in [6.07, 6.45) is 4.73. The molecule has 0 radical (unpaired) electrons. The molecule has 5 rings (SSSR count). The van der Waals surface area contributed by atoms with E-state index in [1.807, 2.05) is 18.2 Å². The predicted molar refractivity (Wildman–Crippen MR) is 124 cm³/mol. The summed E-state index contributed by atoms with van der Waals surface area (Å²) in [5.74, 6) is -0.749. The van der Waals surface area contributed by atoms with Crippen LogP contribution in [0, 0.1) is 5.82 Å². The molecule has 0 fully saturated rings. The fourth-order valence-corrected chi connectivity index (χ4v) is 4.00. The van der Waals surface area contributed by atoms with E-state index in [1.54, 1.807) is 36.5 Å². The Hall–Kier alpha value is -3.97. The quantitative estimate of drug-likeness (QED) is 0.462. The third-order valence-corrected chi connectivity index (χ3v) is 5.64. The van der Waals surface area contributed by atoms with Crippen LogP contribution in [0.4, 0.5) is 4.39 Å². The van der Waals surface area contributed by atoms with Crippen molar-refractivity contribution in [3.63, 3.8) is 0 Å². The van der Waals surface area contributed by atoms with Gasteiger partial charge in [0.15, 0.2) is 0 Å². The van der Waals surface area contributed by atoms with Crippen molar-refractivity contribution < 1.29 is 13.9 Å². The van der Waals surface area contributed by atoms with Gasteiger partial charge in [-0.25, -0.2) is 19.2 Å². The van der Waals surface area contributed by atoms with Crippen molar-refractivity contribution in [1.29, 1.82) is 0 Å². The highest BCUT2D eigenvalue weighted by Crippen LogP contribution is 2.32. The minimum Gasteiger partial charge on any atom is -0.465 e. The van der Waals surface area contributed by atoms with Crippen molar-refractivity contribution in [3.8, 4) is 11.3 Å². The molecule has 164 valence electrons. The third kappa shape index (κ3) is 4.23. The normalized spacial score (nSPS) is 15.8. The van der Waals surface area contributed by atoms with E-state index in [0.29, 0.717) is 28.0 Å². The van der Waals surface area contributed by atoms with Gasteiger partial charge in [-0.3, -0.25) is 4.98 Å². The van der Waals surface area contributed by atoms with Crippen LogP contribution >= 0.6 is 0 Å². The lowest BCUT2D eigenvalue weighted by Gasteiger charge is -2.24. The van der Waals surface area contributed by atoms with Crippen LogP contribution in [0.3, 0.4) is 0 Å². The first-order valence-electron chi connectivity index (χ1n) is 10.6. The van der Waals surface area contributed by atoms with E-state index in [2.05, 4.69) is 16.4 Å². The molecule has 0 saturated carbocycles. The van der Waals surface area contributed by atoms with Crippen LogP contribution in [0.25, 0.3) is 27.9 Å². The Balaban J connectivity index is 1.68. The molecule has 0 spiro atoms. The van der Waals surface area contributed by atoms with Crippen molar-refractivity contribution in [2.45, 2.75) is 12.5 Å². The van der Waals surface area contributed by atoms with Gasteiger partial charge in [-0.1, -0.05) is 12.1 Å². The molecule has 0 bridgehead atoms. The number of esters is 1. The molecule has 2 aromatic carbocycles. The maximum atomic E-state index is 13.6. The number of methoxy groups -OCH3 is 1. The highest BCUT2D eigenvalue weighted by Gasteiger charge is 2.23. The van der Waals surface area contributed by atoms with Gasteiger partial charge < -0.3 is 10.1 Å². The molecule has 0 aliphatic carbocycles. The third-order valence-electron chi connectivity index (χ3n) is 5.64. The first-order chi connectivity index (χ1) is 16.1. The highest BCUT2D eigenvalue weighted by atomic mass is 19.1. The van der Waals surface area contributed by atoms with Gasteiger partial charge in [0.05, 0.1) is 46.8 Å². The van der Waals surface area contributed by atoms with E-state index >= 15 is 0 Å². The molecule has 0 saturated heterocycles. The van der Waals surface area contributed by atoms with E-state index in [9.17, 15) is 9.18 Å². The lowest BCUT2D eigenvalue weighted by atomic mass is 9.96. The number of benzene rings is 2. The van der Waals surface area contributed by atoms with Gasteiger partial charge in [0, 0.05) is 18.3 Å². The average Bonchev–Trinajstić information content (AvgIpc) is 2.88. The number of carbonyl (C=O) groups is 1. The predicted octanol–water partition coefficient (Wildman–Crippen LogP) is 4.74. The van der Waals surface area contributed by atoms with Crippen LogP contribution in [0.5, 0.6) is 0 Å². The second kappa shape index (κ2) is 8.88. The summed E-state index contributed by atoms with van der Waals surface area (Å²) >= 11 is 0. The Bertz CT molecular complexity index is 1350. The lowest BCUT2D eigenvalue weighted by Crippen LogP contribution is -2.27. The summed E-state index contributed by atoms with van der Waals surface area (Å²) in [7, 11) is 1.34. The van der Waals surface area contributed by atoms with Crippen molar-refractivity contribution in [2.75, 3.05) is 13.7 Å². The fraction of sp³-hybridized carbons (Fsp3) is 0.154. The van der Waals surface area contributed by atoms with Gasteiger partial charge in [0.2, 0.25) is 0 Å². The molecule has 6 nitrogen and oxygen atoms in total. The zero-order chi connectivity index (χ0) is 22.8. The SMILES string of the molecule is COC(=O)c1ccc2nc(-c3ccc(F)cc3)c(C3C=C(c4ccccn4)CCN3)nc2c1. The molecule has 4 aromatic rings.